The Morgan fingerprint density at radius 3 is 2.03 bits per heavy atom. The van der Waals surface area contributed by atoms with Crippen molar-refractivity contribution in [3.63, 3.8) is 0 Å². The highest BCUT2D eigenvalue weighted by Gasteiger charge is 2.61. The highest BCUT2D eigenvalue weighted by molar-refractivity contribution is 5.00. The lowest BCUT2D eigenvalue weighted by Gasteiger charge is -2.41. The quantitative estimate of drug-likeness (QED) is 0.407. The lowest BCUT2D eigenvalue weighted by atomic mass is 9.98. The maximum Gasteiger partial charge on any atom is 0.190 e. The minimum absolute atomic E-state index is 0.0731. The Bertz CT molecular complexity index is 596. The van der Waals surface area contributed by atoms with Gasteiger partial charge in [0.2, 0.25) is 0 Å². The van der Waals surface area contributed by atoms with Crippen molar-refractivity contribution in [3.05, 3.63) is 0 Å². The number of rotatable bonds is 4. The lowest BCUT2D eigenvalue weighted by molar-refractivity contribution is -0.315. The first-order chi connectivity index (χ1) is 13.5. The van der Waals surface area contributed by atoms with Gasteiger partial charge >= 0.3 is 0 Å². The molecule has 0 spiro atoms. The summed E-state index contributed by atoms with van der Waals surface area (Å²) in [5.74, 6) is -1.70. The van der Waals surface area contributed by atoms with Crippen molar-refractivity contribution in [3.8, 4) is 0 Å². The Morgan fingerprint density at radius 1 is 0.724 bits per heavy atom. The molecule has 11 nitrogen and oxygen atoms in total. The van der Waals surface area contributed by atoms with Crippen LogP contribution in [0.2, 0.25) is 0 Å². The van der Waals surface area contributed by atoms with Gasteiger partial charge in [-0.1, -0.05) is 0 Å². The van der Waals surface area contributed by atoms with E-state index in [2.05, 4.69) is 0 Å². The van der Waals surface area contributed by atoms with E-state index in [9.17, 15) is 20.4 Å². The molecule has 0 radical (unpaired) electrons. The van der Waals surface area contributed by atoms with E-state index in [1.807, 2.05) is 0 Å². The highest BCUT2D eigenvalue weighted by atomic mass is 16.9. The number of aliphatic hydroxyl groups excluding tert-OH is 4. The minimum atomic E-state index is -1.52. The van der Waals surface area contributed by atoms with Crippen LogP contribution in [0.1, 0.15) is 27.7 Å². The average Bonchev–Trinajstić information content (AvgIpc) is 3.13. The van der Waals surface area contributed by atoms with E-state index in [1.165, 1.54) is 0 Å². The van der Waals surface area contributed by atoms with E-state index in [0.29, 0.717) is 0 Å². The van der Waals surface area contributed by atoms with Gasteiger partial charge in [0.15, 0.2) is 24.2 Å². The highest BCUT2D eigenvalue weighted by Crippen LogP contribution is 2.44. The molecule has 0 aromatic rings. The van der Waals surface area contributed by atoms with Crippen LogP contribution in [0, 0.1) is 0 Å². The number of hydrogen-bond acceptors (Lipinski definition) is 11. The predicted octanol–water partition coefficient (Wildman–Crippen LogP) is -1.80. The largest absolute Gasteiger partial charge is 0.394 e. The Morgan fingerprint density at radius 2 is 1.34 bits per heavy atom. The first-order valence-electron chi connectivity index (χ1n) is 9.80. The zero-order chi connectivity index (χ0) is 21.1. The molecule has 4 aliphatic heterocycles. The van der Waals surface area contributed by atoms with Gasteiger partial charge < -0.3 is 53.6 Å². The first kappa shape index (κ1) is 21.8. The maximum absolute atomic E-state index is 10.2. The fourth-order valence-corrected chi connectivity index (χ4v) is 4.22. The Labute approximate surface area is 168 Å². The molecule has 4 saturated heterocycles. The van der Waals surface area contributed by atoms with Crippen LogP contribution in [0.5, 0.6) is 0 Å². The normalized spacial score (nSPS) is 50.9. The van der Waals surface area contributed by atoms with Crippen LogP contribution >= 0.6 is 0 Å². The summed E-state index contributed by atoms with van der Waals surface area (Å²) < 4.78 is 40.8. The van der Waals surface area contributed by atoms with Gasteiger partial charge in [-0.2, -0.15) is 0 Å². The van der Waals surface area contributed by atoms with Crippen LogP contribution < -0.4 is 0 Å². The summed E-state index contributed by atoms with van der Waals surface area (Å²) in [7, 11) is 0. The van der Waals surface area contributed by atoms with E-state index >= 15 is 0 Å². The van der Waals surface area contributed by atoms with E-state index in [1.54, 1.807) is 27.7 Å². The molecule has 0 unspecified atom stereocenters. The summed E-state index contributed by atoms with van der Waals surface area (Å²) in [6.07, 6.45) is -9.56. The van der Waals surface area contributed by atoms with Crippen LogP contribution in [-0.4, -0.2) is 107 Å². The van der Waals surface area contributed by atoms with Gasteiger partial charge in [0.1, 0.15) is 48.8 Å². The van der Waals surface area contributed by atoms with Crippen molar-refractivity contribution in [2.24, 2.45) is 0 Å². The van der Waals surface area contributed by atoms with Gasteiger partial charge in [-0.25, -0.2) is 0 Å². The molecule has 4 fully saturated rings. The van der Waals surface area contributed by atoms with E-state index < -0.39 is 79.6 Å². The van der Waals surface area contributed by atoms with Crippen molar-refractivity contribution in [1.29, 1.82) is 0 Å². The summed E-state index contributed by atoms with van der Waals surface area (Å²) in [6, 6.07) is 0. The van der Waals surface area contributed by atoms with Gasteiger partial charge in [-0.05, 0) is 27.7 Å². The monoisotopic (exact) mass is 422 g/mol. The van der Waals surface area contributed by atoms with Crippen molar-refractivity contribution >= 4 is 0 Å². The predicted molar refractivity (Wildman–Crippen MR) is 92.2 cm³/mol. The summed E-state index contributed by atoms with van der Waals surface area (Å²) in [5, 5.41) is 39.3. The number of ether oxygens (including phenoxy) is 7. The van der Waals surface area contributed by atoms with E-state index in [0.717, 1.165) is 0 Å². The van der Waals surface area contributed by atoms with Gasteiger partial charge in [0.25, 0.3) is 0 Å². The van der Waals surface area contributed by atoms with Crippen LogP contribution in [-0.2, 0) is 33.2 Å². The maximum atomic E-state index is 10.2. The standard InChI is InChI=1S/C18H30O11/c1-17(2)26-12-8(25-16-14(13(12)27-17)28-18(3,4)29-16)6-23-15-11(22)10(21)9(20)7(5-19)24-15/h7-16,19-22H,5-6H2,1-4H3/t7-,8+,9+,10+,11-,12-,13-,14+,15-,16+/m1/s1. The van der Waals surface area contributed by atoms with Crippen LogP contribution in [0.15, 0.2) is 0 Å². The van der Waals surface area contributed by atoms with Crippen molar-refractivity contribution < 1.29 is 53.6 Å². The Kier molecular flexibility index (Phi) is 5.71. The van der Waals surface area contributed by atoms with Crippen molar-refractivity contribution in [2.45, 2.75) is 101 Å². The van der Waals surface area contributed by atoms with Gasteiger partial charge in [-0.15, -0.1) is 0 Å². The smallest absolute Gasteiger partial charge is 0.190 e. The molecule has 4 N–H and O–H groups in total. The summed E-state index contributed by atoms with van der Waals surface area (Å²) in [5.41, 5.74) is 0. The summed E-state index contributed by atoms with van der Waals surface area (Å²) in [4.78, 5) is 0. The molecule has 0 aromatic carbocycles. The van der Waals surface area contributed by atoms with E-state index in [4.69, 9.17) is 33.2 Å². The molecule has 168 valence electrons. The molecule has 4 rings (SSSR count). The van der Waals surface area contributed by atoms with Gasteiger partial charge in [0, 0.05) is 0 Å². The SMILES string of the molecule is CC1(C)O[C@@H]2O[C@@H](CO[C@@H]3O[C@H](CO)[C@H](O)[C@H](O)[C@H]3O)[C@H]3OC(C)(C)O[C@H]3[C@@H]2O1. The molecule has 0 bridgehead atoms. The molecule has 0 saturated carbocycles. The minimum Gasteiger partial charge on any atom is -0.394 e. The molecule has 0 amide bonds. The van der Waals surface area contributed by atoms with Gasteiger partial charge in [-0.3, -0.25) is 0 Å². The summed E-state index contributed by atoms with van der Waals surface area (Å²) in [6.45, 7) is 6.53. The second-order valence-electron chi connectivity index (χ2n) is 8.74. The molecule has 0 aromatic heterocycles. The molecule has 29 heavy (non-hydrogen) atoms. The van der Waals surface area contributed by atoms with E-state index in [-0.39, 0.29) is 6.61 Å². The number of fused-ring (bicyclic) bond motifs is 3. The number of aliphatic hydroxyl groups is 4. The Hall–Kier alpha value is -0.440. The zero-order valence-corrected chi connectivity index (χ0v) is 16.8. The van der Waals surface area contributed by atoms with Gasteiger partial charge in [0.05, 0.1) is 13.2 Å². The third-order valence-electron chi connectivity index (χ3n) is 5.52. The topological polar surface area (TPSA) is 146 Å². The molecular weight excluding hydrogens is 392 g/mol. The molecular formula is C18H30O11. The number of hydrogen-bond donors (Lipinski definition) is 4. The fourth-order valence-electron chi connectivity index (χ4n) is 4.22. The second kappa shape index (κ2) is 7.61. The van der Waals surface area contributed by atoms with Crippen LogP contribution in [0.4, 0.5) is 0 Å². The molecule has 10 atom stereocenters. The van der Waals surface area contributed by atoms with Crippen LogP contribution in [0.25, 0.3) is 0 Å². The average molecular weight is 422 g/mol. The fraction of sp³-hybridized carbons (Fsp3) is 1.00. The summed E-state index contributed by atoms with van der Waals surface area (Å²) >= 11 is 0. The molecule has 4 aliphatic rings. The molecule has 0 aliphatic carbocycles. The second-order valence-corrected chi connectivity index (χ2v) is 8.74. The first-order valence-corrected chi connectivity index (χ1v) is 9.80. The van der Waals surface area contributed by atoms with Crippen LogP contribution in [0.3, 0.4) is 0 Å². The zero-order valence-electron chi connectivity index (χ0n) is 16.8. The molecule has 11 heteroatoms. The third-order valence-corrected chi connectivity index (χ3v) is 5.52. The van der Waals surface area contributed by atoms with Crippen molar-refractivity contribution in [2.75, 3.05) is 13.2 Å². The third kappa shape index (κ3) is 4.06. The van der Waals surface area contributed by atoms with Crippen molar-refractivity contribution in [1.82, 2.24) is 0 Å². The lowest BCUT2D eigenvalue weighted by Crippen LogP contribution is -2.60. The molecule has 4 heterocycles. The Balaban J connectivity index is 1.45.